The number of carboxylic acid groups (broad SMARTS) is 1. The Bertz CT molecular complexity index is 1150. The first-order valence-corrected chi connectivity index (χ1v) is 12.0. The second-order valence-corrected chi connectivity index (χ2v) is 10.9. The number of benzene rings is 2. The molecule has 3 atom stereocenters. The third kappa shape index (κ3) is 4.64. The van der Waals surface area contributed by atoms with Crippen LogP contribution in [-0.2, 0) is 14.8 Å². The molecule has 0 spiro atoms. The molecular weight excluding hydrogens is 467 g/mol. The van der Waals surface area contributed by atoms with E-state index in [9.17, 15) is 31.5 Å². The summed E-state index contributed by atoms with van der Waals surface area (Å²) in [6, 6.07) is 14.0. The first-order valence-electron chi connectivity index (χ1n) is 9.54. The molecule has 0 amide bonds. The average molecular weight is 486 g/mol. The number of halogens is 3. The Morgan fingerprint density at radius 1 is 1.12 bits per heavy atom. The van der Waals surface area contributed by atoms with Gasteiger partial charge in [-0.25, -0.2) is 8.42 Å². The van der Waals surface area contributed by atoms with Crippen molar-refractivity contribution in [1.82, 2.24) is 4.72 Å². The van der Waals surface area contributed by atoms with E-state index >= 15 is 0 Å². The number of carboxylic acids is 1. The molecule has 4 rings (SSSR count). The highest BCUT2D eigenvalue weighted by Gasteiger charge is 2.63. The van der Waals surface area contributed by atoms with E-state index in [1.807, 2.05) is 0 Å². The van der Waals surface area contributed by atoms with Gasteiger partial charge in [-0.2, -0.15) is 4.72 Å². The first kappa shape index (κ1) is 22.7. The number of nitrogens with one attached hydrogen (secondary N) is 1. The minimum Gasteiger partial charge on any atom is -0.480 e. The summed E-state index contributed by atoms with van der Waals surface area (Å²) in [5.41, 5.74) is -0.291. The maximum Gasteiger partial charge on any atom is 0.573 e. The monoisotopic (exact) mass is 485 g/mol. The van der Waals surface area contributed by atoms with Gasteiger partial charge in [-0.3, -0.25) is 4.79 Å². The van der Waals surface area contributed by atoms with E-state index in [-0.39, 0.29) is 18.6 Å². The zero-order chi connectivity index (χ0) is 23.1. The normalized spacial score (nSPS) is 25.3. The van der Waals surface area contributed by atoms with Crippen molar-refractivity contribution >= 4 is 32.7 Å². The van der Waals surface area contributed by atoms with E-state index in [1.54, 1.807) is 36.4 Å². The van der Waals surface area contributed by atoms with Crippen LogP contribution in [0.15, 0.2) is 60.7 Å². The second-order valence-electron chi connectivity index (χ2n) is 7.51. The topological polar surface area (TPSA) is 92.7 Å². The molecule has 0 bridgehead atoms. The van der Waals surface area contributed by atoms with Gasteiger partial charge in [0.1, 0.15) is 15.9 Å². The van der Waals surface area contributed by atoms with E-state index in [0.717, 1.165) is 29.5 Å². The molecule has 0 saturated heterocycles. The van der Waals surface area contributed by atoms with Crippen LogP contribution in [0.5, 0.6) is 5.75 Å². The number of thioether (sulfide) groups is 1. The lowest BCUT2D eigenvalue weighted by Crippen LogP contribution is -2.47. The summed E-state index contributed by atoms with van der Waals surface area (Å²) in [6.07, 6.45) is -2.83. The Morgan fingerprint density at radius 2 is 1.78 bits per heavy atom. The number of hydrogen-bond acceptors (Lipinski definition) is 5. The van der Waals surface area contributed by atoms with E-state index in [4.69, 9.17) is 0 Å². The lowest BCUT2D eigenvalue weighted by molar-refractivity contribution is -0.274. The Balaban J connectivity index is 1.44. The maximum absolute atomic E-state index is 13.0. The van der Waals surface area contributed by atoms with Crippen molar-refractivity contribution in [2.75, 3.05) is 0 Å². The molecule has 1 saturated carbocycles. The van der Waals surface area contributed by atoms with Gasteiger partial charge in [-0.15, -0.1) is 24.9 Å². The molecule has 6 nitrogen and oxygen atoms in total. The van der Waals surface area contributed by atoms with Crippen LogP contribution in [0, 0.1) is 0 Å². The zero-order valence-corrected chi connectivity index (χ0v) is 18.0. The average Bonchev–Trinajstić information content (AvgIpc) is 3.21. The Morgan fingerprint density at radius 3 is 2.38 bits per heavy atom. The summed E-state index contributed by atoms with van der Waals surface area (Å²) in [5, 5.41) is 9.74. The van der Waals surface area contributed by atoms with Gasteiger partial charge < -0.3 is 9.84 Å². The molecule has 2 N–H and O–H groups in total. The predicted octanol–water partition coefficient (Wildman–Crippen LogP) is 4.32. The number of allylic oxidation sites excluding steroid dienone is 1. The predicted molar refractivity (Wildman–Crippen MR) is 113 cm³/mol. The first-order chi connectivity index (χ1) is 15.0. The summed E-state index contributed by atoms with van der Waals surface area (Å²) < 4.78 is 68.2. The van der Waals surface area contributed by atoms with Gasteiger partial charge in [0, 0.05) is 10.8 Å². The summed E-state index contributed by atoms with van der Waals surface area (Å²) in [5.74, 6) is -2.07. The molecular formula is C21H18F3NO5S2. The quantitative estimate of drug-likeness (QED) is 0.607. The van der Waals surface area contributed by atoms with Crippen molar-refractivity contribution in [2.45, 2.75) is 35.2 Å². The zero-order valence-electron chi connectivity index (χ0n) is 16.4. The Labute approximate surface area is 186 Å². The van der Waals surface area contributed by atoms with Crippen LogP contribution < -0.4 is 9.46 Å². The lowest BCUT2D eigenvalue weighted by Gasteiger charge is -2.19. The van der Waals surface area contributed by atoms with Crippen molar-refractivity contribution in [1.29, 1.82) is 0 Å². The third-order valence-corrected chi connectivity index (χ3v) is 9.04. The van der Waals surface area contributed by atoms with Gasteiger partial charge in [-0.1, -0.05) is 48.5 Å². The SMILES string of the molecule is O=C(O)C1(NS(=O)(=O)C2CC=C(c3ccc(OC(F)(F)F)cc3)S2)CC1c1ccccc1. The summed E-state index contributed by atoms with van der Waals surface area (Å²) >= 11 is 1.02. The van der Waals surface area contributed by atoms with E-state index in [1.165, 1.54) is 12.1 Å². The highest BCUT2D eigenvalue weighted by atomic mass is 32.3. The van der Waals surface area contributed by atoms with Crippen LogP contribution in [0.1, 0.15) is 29.9 Å². The van der Waals surface area contributed by atoms with Crippen molar-refractivity contribution in [3.8, 4) is 5.75 Å². The highest BCUT2D eigenvalue weighted by Crippen LogP contribution is 2.53. The summed E-state index contributed by atoms with van der Waals surface area (Å²) in [7, 11) is -4.01. The van der Waals surface area contributed by atoms with Crippen LogP contribution in [0.2, 0.25) is 0 Å². The lowest BCUT2D eigenvalue weighted by atomic mass is 10.1. The second kappa shape index (κ2) is 8.13. The minimum absolute atomic E-state index is 0.141. The van der Waals surface area contributed by atoms with Crippen molar-refractivity contribution in [3.05, 3.63) is 71.8 Å². The molecule has 1 fully saturated rings. The maximum atomic E-state index is 13.0. The number of aliphatic carboxylic acids is 1. The number of rotatable bonds is 7. The molecule has 2 aliphatic rings. The molecule has 1 aliphatic heterocycles. The minimum atomic E-state index is -4.80. The van der Waals surface area contributed by atoms with Gasteiger partial charge in [0.15, 0.2) is 0 Å². The van der Waals surface area contributed by atoms with E-state index < -0.39 is 38.4 Å². The van der Waals surface area contributed by atoms with Crippen LogP contribution in [0.3, 0.4) is 0 Å². The molecule has 1 aliphatic carbocycles. The number of carbonyl (C=O) groups is 1. The largest absolute Gasteiger partial charge is 0.573 e. The van der Waals surface area contributed by atoms with Crippen molar-refractivity contribution in [2.24, 2.45) is 0 Å². The van der Waals surface area contributed by atoms with Gasteiger partial charge >= 0.3 is 12.3 Å². The Kier molecular flexibility index (Phi) is 5.76. The molecule has 2 aromatic rings. The molecule has 32 heavy (non-hydrogen) atoms. The fraction of sp³-hybridized carbons (Fsp3) is 0.286. The molecule has 11 heteroatoms. The highest BCUT2D eigenvalue weighted by molar-refractivity contribution is 8.18. The standard InChI is InChI=1S/C21H18F3NO5S2/c22-21(23,24)30-15-8-6-14(7-9-15)17-10-11-18(31-17)32(28,29)25-20(19(26)27)12-16(20)13-4-2-1-3-5-13/h1-10,16,18,25H,11-12H2,(H,26,27). The van der Waals surface area contributed by atoms with Crippen LogP contribution in [0.4, 0.5) is 13.2 Å². The van der Waals surface area contributed by atoms with Crippen LogP contribution >= 0.6 is 11.8 Å². The number of sulfonamides is 1. The molecule has 3 unspecified atom stereocenters. The van der Waals surface area contributed by atoms with Gasteiger partial charge in [0.2, 0.25) is 10.0 Å². The van der Waals surface area contributed by atoms with Crippen LogP contribution in [0.25, 0.3) is 4.91 Å². The third-order valence-electron chi connectivity index (χ3n) is 5.34. The van der Waals surface area contributed by atoms with E-state index in [0.29, 0.717) is 10.5 Å². The smallest absolute Gasteiger partial charge is 0.480 e. The molecule has 0 radical (unpaired) electrons. The summed E-state index contributed by atoms with van der Waals surface area (Å²) in [4.78, 5) is 12.5. The number of ether oxygens (including phenoxy) is 1. The van der Waals surface area contributed by atoms with E-state index in [2.05, 4.69) is 9.46 Å². The van der Waals surface area contributed by atoms with Crippen LogP contribution in [-0.4, -0.2) is 36.0 Å². The molecule has 0 aromatic heterocycles. The van der Waals surface area contributed by atoms with Gasteiger partial charge in [0.25, 0.3) is 0 Å². The molecule has 1 heterocycles. The van der Waals surface area contributed by atoms with Gasteiger partial charge in [-0.05, 0) is 36.1 Å². The number of alkyl halides is 3. The molecule has 2 aromatic carbocycles. The number of hydrogen-bond donors (Lipinski definition) is 2. The fourth-order valence-electron chi connectivity index (χ4n) is 3.70. The van der Waals surface area contributed by atoms with Crippen molar-refractivity contribution < 1.29 is 36.2 Å². The summed E-state index contributed by atoms with van der Waals surface area (Å²) in [6.45, 7) is 0. The van der Waals surface area contributed by atoms with Crippen molar-refractivity contribution in [3.63, 3.8) is 0 Å². The fourth-order valence-corrected chi connectivity index (χ4v) is 6.91. The molecule has 170 valence electrons. The Hall–Kier alpha value is -2.50. The van der Waals surface area contributed by atoms with Gasteiger partial charge in [0.05, 0.1) is 0 Å².